The van der Waals surface area contributed by atoms with Crippen LogP contribution in [-0.2, 0) is 0 Å². The number of fused-ring (bicyclic) bond motifs is 3. The maximum absolute atomic E-state index is 10.2. The summed E-state index contributed by atoms with van der Waals surface area (Å²) < 4.78 is 0. The minimum atomic E-state index is -0.952. The molecule has 0 spiro atoms. The van der Waals surface area contributed by atoms with Crippen LogP contribution in [0.15, 0.2) is 36.5 Å². The lowest BCUT2D eigenvalue weighted by atomic mass is 10.1. The Hall–Kier alpha value is -1.95. The van der Waals surface area contributed by atoms with Gasteiger partial charge in [0.05, 0.1) is 23.9 Å². The molecule has 0 saturated carbocycles. The summed E-state index contributed by atoms with van der Waals surface area (Å²) in [7, 11) is 0. The molecule has 2 heterocycles. The fraction of sp³-hybridized carbons (Fsp3) is 0.267. The summed E-state index contributed by atoms with van der Waals surface area (Å²) in [4.78, 5) is 7.47. The van der Waals surface area contributed by atoms with Crippen LogP contribution >= 0.6 is 0 Å². The Morgan fingerprint density at radius 1 is 1.10 bits per heavy atom. The van der Waals surface area contributed by atoms with Gasteiger partial charge in [0.25, 0.3) is 0 Å². The number of pyridine rings is 1. The fourth-order valence-corrected chi connectivity index (χ4v) is 2.49. The van der Waals surface area contributed by atoms with E-state index >= 15 is 0 Å². The second-order valence-electron chi connectivity index (χ2n) is 4.88. The summed E-state index contributed by atoms with van der Waals surface area (Å²) in [6.07, 6.45) is -0.176. The third kappa shape index (κ3) is 2.16. The van der Waals surface area contributed by atoms with Gasteiger partial charge in [-0.25, -0.2) is 0 Å². The molecule has 0 aliphatic heterocycles. The molecule has 4 N–H and O–H groups in total. The maximum atomic E-state index is 10.2. The third-order valence-electron chi connectivity index (χ3n) is 3.48. The number of nitrogens with one attached hydrogen (secondary N) is 1. The van der Waals surface area contributed by atoms with E-state index in [1.807, 2.05) is 30.3 Å². The van der Waals surface area contributed by atoms with Crippen LogP contribution in [0, 0.1) is 0 Å². The Morgan fingerprint density at radius 3 is 2.70 bits per heavy atom. The molecule has 3 aromatic rings. The molecule has 1 unspecified atom stereocenters. The van der Waals surface area contributed by atoms with Gasteiger partial charge < -0.3 is 20.3 Å². The van der Waals surface area contributed by atoms with Crippen LogP contribution in [0.5, 0.6) is 0 Å². The number of H-pyrrole nitrogens is 1. The maximum Gasteiger partial charge on any atom is 0.101 e. The zero-order valence-corrected chi connectivity index (χ0v) is 10.8. The van der Waals surface area contributed by atoms with Gasteiger partial charge in [0.15, 0.2) is 0 Å². The van der Waals surface area contributed by atoms with Crippen molar-refractivity contribution < 1.29 is 15.3 Å². The lowest BCUT2D eigenvalue weighted by Gasteiger charge is -2.13. The van der Waals surface area contributed by atoms with E-state index in [1.54, 1.807) is 6.20 Å². The molecule has 0 aliphatic rings. The lowest BCUT2D eigenvalue weighted by molar-refractivity contribution is 0.0403. The molecule has 0 amide bonds. The van der Waals surface area contributed by atoms with Gasteiger partial charge in [-0.15, -0.1) is 0 Å². The van der Waals surface area contributed by atoms with Gasteiger partial charge in [-0.1, -0.05) is 18.2 Å². The van der Waals surface area contributed by atoms with Gasteiger partial charge >= 0.3 is 0 Å². The molecule has 0 fully saturated rings. The normalized spacial score (nSPS) is 14.8. The van der Waals surface area contributed by atoms with Crippen molar-refractivity contribution in [2.24, 2.45) is 0 Å². The summed E-state index contributed by atoms with van der Waals surface area (Å²) >= 11 is 0. The highest BCUT2D eigenvalue weighted by molar-refractivity contribution is 6.07. The van der Waals surface area contributed by atoms with E-state index in [9.17, 15) is 10.2 Å². The molecule has 5 heteroatoms. The average Bonchev–Trinajstić information content (AvgIpc) is 2.85. The van der Waals surface area contributed by atoms with Crippen molar-refractivity contribution in [2.45, 2.75) is 18.6 Å². The van der Waals surface area contributed by atoms with Crippen LogP contribution in [0.3, 0.4) is 0 Å². The first-order valence-corrected chi connectivity index (χ1v) is 6.53. The first-order valence-electron chi connectivity index (χ1n) is 6.53. The highest BCUT2D eigenvalue weighted by Crippen LogP contribution is 2.30. The van der Waals surface area contributed by atoms with Crippen molar-refractivity contribution in [2.75, 3.05) is 6.61 Å². The molecule has 2 atom stereocenters. The summed E-state index contributed by atoms with van der Waals surface area (Å²) in [5.41, 5.74) is 2.24. The van der Waals surface area contributed by atoms with E-state index in [0.717, 1.165) is 21.8 Å². The molecule has 3 rings (SSSR count). The monoisotopic (exact) mass is 272 g/mol. The van der Waals surface area contributed by atoms with Gasteiger partial charge in [-0.3, -0.25) is 4.98 Å². The fourth-order valence-electron chi connectivity index (χ4n) is 2.49. The third-order valence-corrected chi connectivity index (χ3v) is 3.48. The van der Waals surface area contributed by atoms with Crippen LogP contribution in [0.25, 0.3) is 21.8 Å². The summed E-state index contributed by atoms with van der Waals surface area (Å²) in [5.74, 6) is 0. The number of benzene rings is 1. The number of hydrogen-bond donors (Lipinski definition) is 4. The molecule has 104 valence electrons. The van der Waals surface area contributed by atoms with Gasteiger partial charge in [0.1, 0.15) is 6.10 Å². The number of rotatable bonds is 4. The van der Waals surface area contributed by atoms with Crippen molar-refractivity contribution in [1.29, 1.82) is 0 Å². The Balaban J connectivity index is 2.11. The molecule has 2 aromatic heterocycles. The van der Waals surface area contributed by atoms with E-state index in [1.165, 1.54) is 0 Å². The Kier molecular flexibility index (Phi) is 3.40. The molecular weight excluding hydrogens is 256 g/mol. The van der Waals surface area contributed by atoms with Crippen molar-refractivity contribution in [3.8, 4) is 0 Å². The topological polar surface area (TPSA) is 89.4 Å². The smallest absolute Gasteiger partial charge is 0.101 e. The minimum absolute atomic E-state index is 0.0536. The van der Waals surface area contributed by atoms with Crippen molar-refractivity contribution in [3.05, 3.63) is 42.2 Å². The number of aromatic nitrogens is 2. The zero-order valence-electron chi connectivity index (χ0n) is 10.8. The molecule has 5 nitrogen and oxygen atoms in total. The molecule has 0 saturated heterocycles. The van der Waals surface area contributed by atoms with Gasteiger partial charge in [0, 0.05) is 28.9 Å². The van der Waals surface area contributed by atoms with Crippen LogP contribution in [0.4, 0.5) is 0 Å². The van der Waals surface area contributed by atoms with E-state index < -0.39 is 12.2 Å². The number of aliphatic hydroxyl groups is 3. The first-order chi connectivity index (χ1) is 9.70. The van der Waals surface area contributed by atoms with E-state index in [4.69, 9.17) is 5.11 Å². The number of hydrogen-bond acceptors (Lipinski definition) is 4. The molecule has 1 aromatic carbocycles. The molecule has 0 radical (unpaired) electrons. The Morgan fingerprint density at radius 2 is 1.90 bits per heavy atom. The predicted molar refractivity (Wildman–Crippen MR) is 76.3 cm³/mol. The Labute approximate surface area is 115 Å². The molecular formula is C15H16N2O3. The second kappa shape index (κ2) is 5.20. The van der Waals surface area contributed by atoms with Crippen LogP contribution in [0.2, 0.25) is 0 Å². The zero-order chi connectivity index (χ0) is 14.1. The van der Waals surface area contributed by atoms with Crippen molar-refractivity contribution >= 4 is 21.8 Å². The highest BCUT2D eigenvalue weighted by atomic mass is 16.3. The van der Waals surface area contributed by atoms with Crippen molar-refractivity contribution in [1.82, 2.24) is 9.97 Å². The van der Waals surface area contributed by atoms with E-state index in [0.29, 0.717) is 5.69 Å². The first kappa shape index (κ1) is 13.1. The second-order valence-corrected chi connectivity index (χ2v) is 4.88. The molecule has 0 bridgehead atoms. The Bertz CT molecular complexity index is 738. The van der Waals surface area contributed by atoms with Gasteiger partial charge in [0.2, 0.25) is 0 Å². The number of aromatic amines is 1. The van der Waals surface area contributed by atoms with Crippen LogP contribution in [-0.4, -0.2) is 38.0 Å². The minimum Gasteiger partial charge on any atom is -0.394 e. The summed E-state index contributed by atoms with van der Waals surface area (Å²) in [5, 5.41) is 30.6. The summed E-state index contributed by atoms with van der Waals surface area (Å²) in [6, 6.07) is 9.77. The molecule has 0 aliphatic carbocycles. The van der Waals surface area contributed by atoms with E-state index in [2.05, 4.69) is 9.97 Å². The number of aliphatic hydroxyl groups excluding tert-OH is 3. The van der Waals surface area contributed by atoms with Crippen LogP contribution < -0.4 is 0 Å². The number of para-hydroxylation sites is 1. The van der Waals surface area contributed by atoms with Crippen LogP contribution in [0.1, 0.15) is 18.2 Å². The van der Waals surface area contributed by atoms with Gasteiger partial charge in [-0.05, 0) is 12.1 Å². The highest BCUT2D eigenvalue weighted by Gasteiger charge is 2.18. The quantitative estimate of drug-likeness (QED) is 0.579. The number of nitrogens with zero attached hydrogens (tertiary/aromatic N) is 1. The van der Waals surface area contributed by atoms with Gasteiger partial charge in [-0.2, -0.15) is 0 Å². The predicted octanol–water partition coefficient (Wildman–Crippen LogP) is 1.49. The lowest BCUT2D eigenvalue weighted by Crippen LogP contribution is -2.17. The van der Waals surface area contributed by atoms with Crippen molar-refractivity contribution in [3.63, 3.8) is 0 Å². The molecule has 20 heavy (non-hydrogen) atoms. The largest absolute Gasteiger partial charge is 0.394 e. The SMILES string of the molecule is OC[C@H](O)CC(O)c1nccc2c1[nH]c1ccccc12. The van der Waals surface area contributed by atoms with E-state index in [-0.39, 0.29) is 13.0 Å². The average molecular weight is 272 g/mol. The standard InChI is InChI=1S/C15H16N2O3/c18-8-9(19)7-13(20)15-14-11(5-6-16-15)10-3-1-2-4-12(10)17-14/h1-6,9,13,17-20H,7-8H2/t9-,13?/m1/s1. The summed E-state index contributed by atoms with van der Waals surface area (Å²) in [6.45, 7) is -0.375.